The Hall–Kier alpha value is -2.61. The molecule has 0 fully saturated rings. The lowest BCUT2D eigenvalue weighted by Gasteiger charge is -2.29. The lowest BCUT2D eigenvalue weighted by Crippen LogP contribution is -2.40. The predicted octanol–water partition coefficient (Wildman–Crippen LogP) is 4.51. The maximum atomic E-state index is 14.4. The van der Waals surface area contributed by atoms with Crippen LogP contribution in [0.2, 0.25) is 0 Å². The van der Waals surface area contributed by atoms with Gasteiger partial charge in [0.25, 0.3) is 5.91 Å². The molecule has 136 valence electrons. The molecule has 1 N–H and O–H groups in total. The van der Waals surface area contributed by atoms with Gasteiger partial charge in [-0.15, -0.1) is 0 Å². The quantitative estimate of drug-likeness (QED) is 0.624. The van der Waals surface area contributed by atoms with Crippen LogP contribution in [0.3, 0.4) is 0 Å². The van der Waals surface area contributed by atoms with Gasteiger partial charge >= 0.3 is 0 Å². The number of carbonyl (C=O) groups is 1. The Kier molecular flexibility index (Phi) is 5.95. The van der Waals surface area contributed by atoms with Crippen molar-refractivity contribution in [3.05, 3.63) is 108 Å². The van der Waals surface area contributed by atoms with E-state index in [-0.39, 0.29) is 10.9 Å². The van der Waals surface area contributed by atoms with Gasteiger partial charge in [-0.3, -0.25) is 4.79 Å². The van der Waals surface area contributed by atoms with Crippen molar-refractivity contribution in [3.8, 4) is 0 Å². The van der Waals surface area contributed by atoms with Gasteiger partial charge in [-0.1, -0.05) is 97.0 Å². The minimum Gasteiger partial charge on any atom is -0.337 e. The number of halogens is 1. The fourth-order valence-corrected chi connectivity index (χ4v) is 6.19. The highest BCUT2D eigenvalue weighted by atomic mass is 35.5. The number of carbonyl (C=O) groups excluding carboxylic acids is 1. The number of rotatable bonds is 6. The molecular weight excluding hydrogens is 377 g/mol. The number of amides is 1. The molecule has 0 aromatic heterocycles. The number of hydrogen-bond acceptors (Lipinski definition) is 2. The van der Waals surface area contributed by atoms with E-state index in [4.69, 9.17) is 11.6 Å². The minimum absolute atomic E-state index is 0.121. The van der Waals surface area contributed by atoms with Crippen LogP contribution in [0.1, 0.15) is 10.4 Å². The number of benzene rings is 3. The first-order valence-corrected chi connectivity index (χ1v) is 10.6. The maximum absolute atomic E-state index is 14.4. The molecule has 3 rings (SSSR count). The van der Waals surface area contributed by atoms with E-state index in [1.54, 1.807) is 48.5 Å². The summed E-state index contributed by atoms with van der Waals surface area (Å²) in [6.07, 6.45) is 0. The zero-order valence-corrected chi connectivity index (χ0v) is 16.2. The van der Waals surface area contributed by atoms with Crippen LogP contribution in [0.4, 0.5) is 0 Å². The molecule has 0 saturated carbocycles. The third kappa shape index (κ3) is 4.05. The van der Waals surface area contributed by atoms with E-state index in [1.165, 1.54) is 0 Å². The van der Waals surface area contributed by atoms with Crippen molar-refractivity contribution in [2.24, 2.45) is 0 Å². The van der Waals surface area contributed by atoms with Crippen molar-refractivity contribution in [3.63, 3.8) is 0 Å². The third-order valence-corrected chi connectivity index (χ3v) is 7.91. The Labute approximate surface area is 164 Å². The molecule has 0 bridgehead atoms. The van der Waals surface area contributed by atoms with Crippen LogP contribution in [0.15, 0.2) is 103 Å². The van der Waals surface area contributed by atoms with Gasteiger partial charge in [0.15, 0.2) is 7.14 Å². The standard InChI is InChI=1S/C22H19ClNO2P/c1-17(23)22(24-21(25)18-11-5-2-6-12-18)27(26,19-13-7-3-8-14-19)20-15-9-4-10-16-20/h2-16,22H,1H2,(H,24,25). The van der Waals surface area contributed by atoms with Gasteiger partial charge in [0.05, 0.1) is 0 Å². The summed E-state index contributed by atoms with van der Waals surface area (Å²) < 4.78 is 14.4. The highest BCUT2D eigenvalue weighted by Crippen LogP contribution is 2.50. The van der Waals surface area contributed by atoms with Crippen molar-refractivity contribution in [1.29, 1.82) is 0 Å². The molecule has 5 heteroatoms. The molecule has 0 aliphatic heterocycles. The second kappa shape index (κ2) is 8.39. The Morgan fingerprint density at radius 3 is 1.63 bits per heavy atom. The van der Waals surface area contributed by atoms with Crippen molar-refractivity contribution in [2.75, 3.05) is 0 Å². The molecule has 27 heavy (non-hydrogen) atoms. The molecule has 3 aromatic rings. The Balaban J connectivity index is 2.09. The lowest BCUT2D eigenvalue weighted by atomic mass is 10.2. The molecule has 0 aliphatic carbocycles. The summed E-state index contributed by atoms with van der Waals surface area (Å²) in [7, 11) is -3.33. The van der Waals surface area contributed by atoms with Gasteiger partial charge in [-0.05, 0) is 12.1 Å². The van der Waals surface area contributed by atoms with Crippen LogP contribution in [0, 0.1) is 0 Å². The molecule has 0 saturated heterocycles. The van der Waals surface area contributed by atoms with Crippen molar-refractivity contribution >= 4 is 35.3 Å². The van der Waals surface area contributed by atoms with Gasteiger partial charge in [-0.2, -0.15) is 0 Å². The fraction of sp³-hybridized carbons (Fsp3) is 0.0455. The third-order valence-electron chi connectivity index (χ3n) is 4.24. The summed E-state index contributed by atoms with van der Waals surface area (Å²) >= 11 is 6.28. The highest BCUT2D eigenvalue weighted by Gasteiger charge is 2.39. The van der Waals surface area contributed by atoms with Crippen molar-refractivity contribution < 1.29 is 9.36 Å². The summed E-state index contributed by atoms with van der Waals surface area (Å²) in [4.78, 5) is 12.7. The average molecular weight is 396 g/mol. The molecule has 0 radical (unpaired) electrons. The van der Waals surface area contributed by atoms with E-state index in [9.17, 15) is 9.36 Å². The van der Waals surface area contributed by atoms with E-state index in [1.807, 2.05) is 42.5 Å². The van der Waals surface area contributed by atoms with Crippen LogP contribution in [0.5, 0.6) is 0 Å². The predicted molar refractivity (Wildman–Crippen MR) is 112 cm³/mol. The fourth-order valence-electron chi connectivity index (χ4n) is 2.91. The molecular formula is C22H19ClNO2P. The molecule has 0 spiro atoms. The summed E-state index contributed by atoms with van der Waals surface area (Å²) in [5.74, 6) is -1.29. The van der Waals surface area contributed by atoms with Crippen molar-refractivity contribution in [2.45, 2.75) is 5.78 Å². The summed E-state index contributed by atoms with van der Waals surface area (Å²) in [5, 5.41) is 4.17. The zero-order valence-electron chi connectivity index (χ0n) is 14.6. The lowest BCUT2D eigenvalue weighted by molar-refractivity contribution is 0.0953. The molecule has 0 aliphatic rings. The monoisotopic (exact) mass is 395 g/mol. The first-order chi connectivity index (χ1) is 13.0. The second-order valence-corrected chi connectivity index (χ2v) is 9.37. The first-order valence-electron chi connectivity index (χ1n) is 8.44. The Morgan fingerprint density at radius 1 is 0.815 bits per heavy atom. The summed E-state index contributed by atoms with van der Waals surface area (Å²) in [5.41, 5.74) is 0.466. The normalized spacial score (nSPS) is 12.2. The molecule has 3 aromatic carbocycles. The smallest absolute Gasteiger partial charge is 0.252 e. The molecule has 3 nitrogen and oxygen atoms in total. The number of nitrogens with one attached hydrogen (secondary N) is 1. The van der Waals surface area contributed by atoms with Crippen LogP contribution in [-0.4, -0.2) is 11.7 Å². The van der Waals surface area contributed by atoms with Crippen LogP contribution in [-0.2, 0) is 4.57 Å². The van der Waals surface area contributed by atoms with E-state index in [2.05, 4.69) is 11.9 Å². The van der Waals surface area contributed by atoms with Gasteiger partial charge in [0.1, 0.15) is 5.78 Å². The molecule has 1 unspecified atom stereocenters. The van der Waals surface area contributed by atoms with E-state index in [0.29, 0.717) is 16.2 Å². The van der Waals surface area contributed by atoms with Gasteiger partial charge in [0, 0.05) is 21.2 Å². The highest BCUT2D eigenvalue weighted by molar-refractivity contribution is 7.79. The first kappa shape index (κ1) is 19.2. The summed E-state index contributed by atoms with van der Waals surface area (Å²) in [6, 6.07) is 26.9. The molecule has 0 heterocycles. The maximum Gasteiger partial charge on any atom is 0.252 e. The van der Waals surface area contributed by atoms with Gasteiger partial charge < -0.3 is 9.88 Å². The minimum atomic E-state index is -3.33. The average Bonchev–Trinajstić information content (AvgIpc) is 2.73. The van der Waals surface area contributed by atoms with Crippen molar-refractivity contribution in [1.82, 2.24) is 5.32 Å². The Bertz CT molecular complexity index is 931. The van der Waals surface area contributed by atoms with E-state index >= 15 is 0 Å². The Morgan fingerprint density at radius 2 is 1.22 bits per heavy atom. The van der Waals surface area contributed by atoms with Crippen LogP contribution < -0.4 is 15.9 Å². The van der Waals surface area contributed by atoms with Gasteiger partial charge in [-0.25, -0.2) is 0 Å². The number of hydrogen-bond donors (Lipinski definition) is 1. The van der Waals surface area contributed by atoms with Gasteiger partial charge in [0.2, 0.25) is 0 Å². The van der Waals surface area contributed by atoms with Crippen LogP contribution >= 0.6 is 18.7 Å². The summed E-state index contributed by atoms with van der Waals surface area (Å²) in [6.45, 7) is 3.80. The molecule has 1 amide bonds. The van der Waals surface area contributed by atoms with E-state index in [0.717, 1.165) is 0 Å². The molecule has 1 atom stereocenters. The SMILES string of the molecule is C=C(Cl)C(NC(=O)c1ccccc1)P(=O)(c1ccccc1)c1ccccc1. The topological polar surface area (TPSA) is 46.2 Å². The second-order valence-electron chi connectivity index (χ2n) is 6.02. The van der Waals surface area contributed by atoms with Crippen LogP contribution in [0.25, 0.3) is 0 Å². The van der Waals surface area contributed by atoms with E-state index < -0.39 is 12.9 Å². The largest absolute Gasteiger partial charge is 0.337 e. The zero-order chi connectivity index (χ0) is 19.3.